The Kier molecular flexibility index (Phi) is 3.44. The van der Waals surface area contributed by atoms with Crippen LogP contribution in [0.25, 0.3) is 10.9 Å². The van der Waals surface area contributed by atoms with Gasteiger partial charge in [0.05, 0.1) is 24.1 Å². The predicted molar refractivity (Wildman–Crippen MR) is 78.8 cm³/mol. The van der Waals surface area contributed by atoms with Crippen LogP contribution in [0, 0.1) is 0 Å². The van der Waals surface area contributed by atoms with Gasteiger partial charge < -0.3 is 14.0 Å². The van der Waals surface area contributed by atoms with Crippen LogP contribution in [0.5, 0.6) is 5.75 Å². The quantitative estimate of drug-likeness (QED) is 0.786. The topological polar surface area (TPSA) is 74.6 Å². The molecule has 0 amide bonds. The van der Waals surface area contributed by atoms with Crippen LogP contribution in [0.2, 0.25) is 0 Å². The minimum absolute atomic E-state index is 0.174. The largest absolute Gasteiger partial charge is 0.466 e. The van der Waals surface area contributed by atoms with Crippen LogP contribution in [-0.4, -0.2) is 23.1 Å². The number of benzene rings is 1. The average molecular weight is 301 g/mol. The van der Waals surface area contributed by atoms with E-state index in [0.717, 1.165) is 0 Å². The van der Waals surface area contributed by atoms with Crippen LogP contribution in [0.1, 0.15) is 24.8 Å². The van der Waals surface area contributed by atoms with Crippen molar-refractivity contribution in [2.45, 2.75) is 19.3 Å². The fraction of sp³-hybridized carbons (Fsp3) is 0.312. The maximum atomic E-state index is 12.6. The second-order valence-electron chi connectivity index (χ2n) is 5.11. The van der Waals surface area contributed by atoms with Gasteiger partial charge in [0.1, 0.15) is 11.7 Å². The van der Waals surface area contributed by atoms with Crippen molar-refractivity contribution >= 4 is 22.8 Å². The lowest BCUT2D eigenvalue weighted by Gasteiger charge is -2.24. The maximum Gasteiger partial charge on any atom is 0.314 e. The number of rotatable bonds is 2. The van der Waals surface area contributed by atoms with Gasteiger partial charge in [0, 0.05) is 12.4 Å². The van der Waals surface area contributed by atoms with Gasteiger partial charge in [-0.3, -0.25) is 14.4 Å². The summed E-state index contributed by atoms with van der Waals surface area (Å²) in [7, 11) is 1.63. The third-order valence-corrected chi connectivity index (χ3v) is 3.80. The first kappa shape index (κ1) is 14.3. The van der Waals surface area contributed by atoms with E-state index in [-0.39, 0.29) is 29.9 Å². The van der Waals surface area contributed by atoms with Crippen molar-refractivity contribution < 1.29 is 19.1 Å². The summed E-state index contributed by atoms with van der Waals surface area (Å²) < 4.78 is 11.7. The second kappa shape index (κ2) is 5.29. The Bertz CT molecular complexity index is 836. The summed E-state index contributed by atoms with van der Waals surface area (Å²) in [5, 5.41) is 0.627. The molecule has 6 heteroatoms. The van der Waals surface area contributed by atoms with Crippen molar-refractivity contribution in [2.75, 3.05) is 6.61 Å². The fourth-order valence-corrected chi connectivity index (χ4v) is 2.78. The minimum Gasteiger partial charge on any atom is -0.466 e. The smallest absolute Gasteiger partial charge is 0.314 e. The Balaban J connectivity index is 2.33. The van der Waals surface area contributed by atoms with Gasteiger partial charge in [0.15, 0.2) is 0 Å². The van der Waals surface area contributed by atoms with Crippen LogP contribution >= 0.6 is 0 Å². The Morgan fingerprint density at radius 2 is 2.09 bits per heavy atom. The zero-order valence-electron chi connectivity index (χ0n) is 12.3. The highest BCUT2D eigenvalue weighted by atomic mass is 16.5. The highest BCUT2D eigenvalue weighted by Gasteiger charge is 2.37. The molecule has 6 nitrogen and oxygen atoms in total. The first-order chi connectivity index (χ1) is 10.5. The van der Waals surface area contributed by atoms with Crippen molar-refractivity contribution in [3.05, 3.63) is 40.2 Å². The van der Waals surface area contributed by atoms with Crippen molar-refractivity contribution in [1.29, 1.82) is 0 Å². The Labute approximate surface area is 126 Å². The summed E-state index contributed by atoms with van der Waals surface area (Å²) in [6.45, 7) is 1.87. The van der Waals surface area contributed by atoms with E-state index >= 15 is 0 Å². The molecular weight excluding hydrogens is 286 g/mol. The normalized spacial score (nSPS) is 17.0. The number of hydrogen-bond donors (Lipinski definition) is 0. The third-order valence-electron chi connectivity index (χ3n) is 3.80. The molecule has 1 aliphatic rings. The number of hydrogen-bond acceptors (Lipinski definition) is 5. The molecule has 0 saturated heterocycles. The van der Waals surface area contributed by atoms with E-state index in [9.17, 15) is 14.4 Å². The van der Waals surface area contributed by atoms with Crippen molar-refractivity contribution in [3.8, 4) is 5.75 Å². The van der Waals surface area contributed by atoms with Gasteiger partial charge in [0.25, 0.3) is 5.56 Å². The van der Waals surface area contributed by atoms with Gasteiger partial charge in [-0.1, -0.05) is 12.1 Å². The summed E-state index contributed by atoms with van der Waals surface area (Å²) in [5.41, 5.74) is 0.488. The van der Waals surface area contributed by atoms with Gasteiger partial charge in [-0.2, -0.15) is 0 Å². The number of fused-ring (bicyclic) bond motifs is 3. The number of ether oxygens (including phenoxy) is 2. The van der Waals surface area contributed by atoms with Gasteiger partial charge in [-0.25, -0.2) is 0 Å². The van der Waals surface area contributed by atoms with Gasteiger partial charge >= 0.3 is 11.9 Å². The van der Waals surface area contributed by atoms with Crippen LogP contribution in [-0.2, 0) is 21.4 Å². The van der Waals surface area contributed by atoms with E-state index in [0.29, 0.717) is 10.9 Å². The van der Waals surface area contributed by atoms with Crippen LogP contribution < -0.4 is 10.3 Å². The molecule has 0 N–H and O–H groups in total. The maximum absolute atomic E-state index is 12.6. The minimum atomic E-state index is -0.917. The van der Waals surface area contributed by atoms with E-state index in [1.807, 2.05) is 0 Å². The molecule has 0 aliphatic carbocycles. The molecule has 1 atom stereocenters. The summed E-state index contributed by atoms with van der Waals surface area (Å²) in [5.74, 6) is -1.86. The van der Waals surface area contributed by atoms with Crippen LogP contribution in [0.15, 0.2) is 29.1 Å². The molecule has 0 saturated carbocycles. The van der Waals surface area contributed by atoms with E-state index in [1.165, 1.54) is 4.57 Å². The lowest BCUT2D eigenvalue weighted by molar-refractivity contribution is -0.149. The summed E-state index contributed by atoms with van der Waals surface area (Å²) in [6, 6.07) is 7.10. The molecule has 2 heterocycles. The molecular formula is C16H15NO5. The molecule has 3 rings (SSSR count). The molecule has 0 fully saturated rings. The first-order valence-electron chi connectivity index (χ1n) is 7.03. The zero-order chi connectivity index (χ0) is 15.9. The molecule has 1 aromatic carbocycles. The molecule has 2 aromatic rings. The number of carbonyl (C=O) groups excluding carboxylic acids is 2. The number of carbonyl (C=O) groups is 2. The highest BCUT2D eigenvalue weighted by molar-refractivity contribution is 5.95. The lowest BCUT2D eigenvalue weighted by atomic mass is 9.92. The summed E-state index contributed by atoms with van der Waals surface area (Å²) in [4.78, 5) is 36.6. The monoisotopic (exact) mass is 301 g/mol. The van der Waals surface area contributed by atoms with Crippen LogP contribution in [0.4, 0.5) is 0 Å². The van der Waals surface area contributed by atoms with E-state index in [1.54, 1.807) is 38.2 Å². The van der Waals surface area contributed by atoms with E-state index in [2.05, 4.69) is 0 Å². The average Bonchev–Trinajstić information content (AvgIpc) is 2.52. The van der Waals surface area contributed by atoms with Crippen LogP contribution in [0.3, 0.4) is 0 Å². The van der Waals surface area contributed by atoms with Gasteiger partial charge in [0.2, 0.25) is 0 Å². The second-order valence-corrected chi connectivity index (χ2v) is 5.11. The number of para-hydroxylation sites is 1. The van der Waals surface area contributed by atoms with Crippen molar-refractivity contribution in [1.82, 2.24) is 4.57 Å². The molecule has 114 valence electrons. The zero-order valence-corrected chi connectivity index (χ0v) is 12.3. The van der Waals surface area contributed by atoms with E-state index in [4.69, 9.17) is 9.47 Å². The summed E-state index contributed by atoms with van der Waals surface area (Å²) in [6.07, 6.45) is -0.181. The number of nitrogens with zero attached hydrogens (tertiary/aromatic N) is 1. The molecule has 22 heavy (non-hydrogen) atoms. The number of esters is 2. The first-order valence-corrected chi connectivity index (χ1v) is 7.03. The number of aryl methyl sites for hydroxylation is 1. The van der Waals surface area contributed by atoms with Gasteiger partial charge in [-0.15, -0.1) is 0 Å². The Morgan fingerprint density at radius 1 is 1.36 bits per heavy atom. The Hall–Kier alpha value is -2.63. The molecule has 0 bridgehead atoms. The fourth-order valence-electron chi connectivity index (χ4n) is 2.78. The molecule has 1 unspecified atom stereocenters. The number of aromatic nitrogens is 1. The molecule has 0 radical (unpaired) electrons. The SMILES string of the molecule is CCOC(=O)C1CC(=O)Oc2c1c(=O)n(C)c1ccccc21. The van der Waals surface area contributed by atoms with E-state index < -0.39 is 17.9 Å². The van der Waals surface area contributed by atoms with Crippen molar-refractivity contribution in [2.24, 2.45) is 7.05 Å². The Morgan fingerprint density at radius 3 is 2.82 bits per heavy atom. The molecule has 1 aliphatic heterocycles. The molecule has 1 aromatic heterocycles. The van der Waals surface area contributed by atoms with Gasteiger partial charge in [-0.05, 0) is 19.1 Å². The number of pyridine rings is 1. The molecule has 0 spiro atoms. The highest BCUT2D eigenvalue weighted by Crippen LogP contribution is 2.37. The third kappa shape index (κ3) is 2.07. The van der Waals surface area contributed by atoms with Crippen molar-refractivity contribution in [3.63, 3.8) is 0 Å². The lowest BCUT2D eigenvalue weighted by Crippen LogP contribution is -2.34. The standard InChI is InChI=1S/C16H15NO5/c1-3-21-16(20)10-8-12(18)22-14-9-6-4-5-7-11(9)17(2)15(19)13(10)14/h4-7,10H,3,8H2,1-2H3. The summed E-state index contributed by atoms with van der Waals surface area (Å²) >= 11 is 0. The predicted octanol–water partition coefficient (Wildman–Crippen LogP) is 1.49.